The van der Waals surface area contributed by atoms with Crippen molar-refractivity contribution < 1.29 is 0 Å². The van der Waals surface area contributed by atoms with E-state index in [4.69, 9.17) is 4.99 Å². The van der Waals surface area contributed by atoms with Gasteiger partial charge in [0.05, 0.1) is 6.54 Å². The van der Waals surface area contributed by atoms with Gasteiger partial charge in [-0.2, -0.15) is 0 Å². The van der Waals surface area contributed by atoms with Crippen molar-refractivity contribution in [2.75, 3.05) is 13.1 Å². The second-order valence-electron chi connectivity index (χ2n) is 7.39. The van der Waals surface area contributed by atoms with E-state index < -0.39 is 0 Å². The molecule has 6 heteroatoms. The van der Waals surface area contributed by atoms with Gasteiger partial charge in [0.2, 0.25) is 0 Å². The molecule has 2 N–H and O–H groups in total. The van der Waals surface area contributed by atoms with Crippen molar-refractivity contribution in [3.63, 3.8) is 0 Å². The zero-order valence-electron chi connectivity index (χ0n) is 17.6. The minimum absolute atomic E-state index is 0.555. The number of guanidine groups is 1. The van der Waals surface area contributed by atoms with E-state index in [0.29, 0.717) is 12.5 Å². The summed E-state index contributed by atoms with van der Waals surface area (Å²) in [5, 5.41) is 8.99. The Bertz CT molecular complexity index is 898. The summed E-state index contributed by atoms with van der Waals surface area (Å²) in [6, 6.07) is 13.0. The highest BCUT2D eigenvalue weighted by atomic mass is 32.1. The van der Waals surface area contributed by atoms with Gasteiger partial charge < -0.3 is 15.2 Å². The first-order valence-corrected chi connectivity index (χ1v) is 11.1. The van der Waals surface area contributed by atoms with Crippen LogP contribution in [0.3, 0.4) is 0 Å². The molecule has 0 aliphatic heterocycles. The van der Waals surface area contributed by atoms with Crippen molar-refractivity contribution in [2.45, 2.75) is 40.3 Å². The van der Waals surface area contributed by atoms with Crippen LogP contribution in [0.25, 0.3) is 0 Å². The summed E-state index contributed by atoms with van der Waals surface area (Å²) in [6.07, 6.45) is 4.96. The molecular weight excluding hydrogens is 378 g/mol. The van der Waals surface area contributed by atoms with Gasteiger partial charge in [-0.05, 0) is 48.8 Å². The highest BCUT2D eigenvalue weighted by Crippen LogP contribution is 2.14. The third kappa shape index (κ3) is 6.75. The molecule has 0 saturated heterocycles. The number of aromatic nitrogens is 2. The number of rotatable bonds is 9. The lowest BCUT2D eigenvalue weighted by Crippen LogP contribution is -2.39. The van der Waals surface area contributed by atoms with Crippen molar-refractivity contribution in [1.82, 2.24) is 20.2 Å². The van der Waals surface area contributed by atoms with E-state index in [-0.39, 0.29) is 0 Å². The van der Waals surface area contributed by atoms with Crippen LogP contribution in [0.5, 0.6) is 0 Å². The van der Waals surface area contributed by atoms with Crippen molar-refractivity contribution in [2.24, 2.45) is 10.9 Å². The van der Waals surface area contributed by atoms with E-state index in [2.05, 4.69) is 75.8 Å². The predicted octanol–water partition coefficient (Wildman–Crippen LogP) is 4.24. The molecule has 3 aromatic rings. The molecule has 3 rings (SSSR count). The molecule has 2 heterocycles. The van der Waals surface area contributed by atoms with Crippen LogP contribution < -0.4 is 10.6 Å². The zero-order valence-corrected chi connectivity index (χ0v) is 18.4. The number of hydrogen-bond donors (Lipinski definition) is 2. The molecule has 0 aliphatic carbocycles. The summed E-state index contributed by atoms with van der Waals surface area (Å²) in [5.74, 6) is 2.46. The lowest BCUT2D eigenvalue weighted by molar-refractivity contribution is 0.562. The fraction of sp³-hybridized carbons (Fsp3) is 0.391. The molecule has 1 atom stereocenters. The number of imidazole rings is 1. The maximum Gasteiger partial charge on any atom is 0.191 e. The second kappa shape index (κ2) is 10.8. The standard InChI is InChI=1S/C23H31N5S/c1-4-24-23(26-15-18(2)13-22-9-6-12-29-22)27-16-20-7-5-8-21(14-20)17-28-11-10-25-19(28)3/h5-12,14,18H,4,13,15-17H2,1-3H3,(H2,24,26,27). The number of hydrogen-bond acceptors (Lipinski definition) is 3. The Kier molecular flexibility index (Phi) is 7.87. The molecule has 29 heavy (non-hydrogen) atoms. The average Bonchev–Trinajstić information content (AvgIpc) is 3.36. The molecule has 154 valence electrons. The molecule has 0 radical (unpaired) electrons. The maximum absolute atomic E-state index is 4.79. The van der Waals surface area contributed by atoms with Crippen LogP contribution >= 0.6 is 11.3 Å². The van der Waals surface area contributed by atoms with E-state index in [1.54, 1.807) is 0 Å². The topological polar surface area (TPSA) is 54.2 Å². The largest absolute Gasteiger partial charge is 0.357 e. The van der Waals surface area contributed by atoms with Gasteiger partial charge in [0.15, 0.2) is 5.96 Å². The second-order valence-corrected chi connectivity index (χ2v) is 8.42. The Hall–Kier alpha value is -2.60. The van der Waals surface area contributed by atoms with E-state index in [0.717, 1.165) is 37.8 Å². The van der Waals surface area contributed by atoms with E-state index in [9.17, 15) is 0 Å². The highest BCUT2D eigenvalue weighted by Gasteiger charge is 2.06. The normalized spacial score (nSPS) is 12.7. The maximum atomic E-state index is 4.79. The monoisotopic (exact) mass is 409 g/mol. The fourth-order valence-corrected chi connectivity index (χ4v) is 4.09. The lowest BCUT2D eigenvalue weighted by Gasteiger charge is -2.15. The summed E-state index contributed by atoms with van der Waals surface area (Å²) in [7, 11) is 0. The van der Waals surface area contributed by atoms with Crippen LogP contribution in [0.1, 0.15) is 35.7 Å². The summed E-state index contributed by atoms with van der Waals surface area (Å²) in [5.41, 5.74) is 2.48. The van der Waals surface area contributed by atoms with E-state index >= 15 is 0 Å². The molecule has 0 bridgehead atoms. The molecule has 1 unspecified atom stereocenters. The molecular formula is C23H31N5S. The first-order chi connectivity index (χ1) is 14.1. The highest BCUT2D eigenvalue weighted by molar-refractivity contribution is 7.09. The minimum Gasteiger partial charge on any atom is -0.357 e. The Morgan fingerprint density at radius 1 is 1.21 bits per heavy atom. The number of aliphatic imine (C=N–C) groups is 1. The van der Waals surface area contributed by atoms with Crippen LogP contribution in [-0.2, 0) is 19.5 Å². The van der Waals surface area contributed by atoms with Gasteiger partial charge in [0.25, 0.3) is 0 Å². The first-order valence-electron chi connectivity index (χ1n) is 10.2. The Labute approximate surface area is 177 Å². The SMILES string of the molecule is CCNC(=NCc1cccc(Cn2ccnc2C)c1)NCC(C)Cc1cccs1. The van der Waals surface area contributed by atoms with Crippen LogP contribution in [-0.4, -0.2) is 28.6 Å². The zero-order chi connectivity index (χ0) is 20.5. The van der Waals surface area contributed by atoms with Crippen LogP contribution in [0.2, 0.25) is 0 Å². The average molecular weight is 410 g/mol. The Morgan fingerprint density at radius 3 is 2.79 bits per heavy atom. The van der Waals surface area contributed by atoms with Crippen molar-refractivity contribution >= 4 is 17.3 Å². The molecule has 0 aliphatic rings. The van der Waals surface area contributed by atoms with Gasteiger partial charge in [-0.25, -0.2) is 9.98 Å². The summed E-state index contributed by atoms with van der Waals surface area (Å²) in [6.45, 7) is 9.66. The van der Waals surface area contributed by atoms with Gasteiger partial charge in [-0.1, -0.05) is 37.3 Å². The number of aryl methyl sites for hydroxylation is 1. The molecule has 0 spiro atoms. The van der Waals surface area contributed by atoms with Gasteiger partial charge >= 0.3 is 0 Å². The minimum atomic E-state index is 0.555. The van der Waals surface area contributed by atoms with Crippen molar-refractivity contribution in [3.05, 3.63) is 76.0 Å². The number of thiophene rings is 1. The van der Waals surface area contributed by atoms with E-state index in [1.807, 2.05) is 30.7 Å². The smallest absolute Gasteiger partial charge is 0.191 e. The fourth-order valence-electron chi connectivity index (χ4n) is 3.22. The van der Waals surface area contributed by atoms with Gasteiger partial charge in [-0.15, -0.1) is 11.3 Å². The van der Waals surface area contributed by atoms with Gasteiger partial charge in [0, 0.05) is 36.9 Å². The number of benzene rings is 1. The van der Waals surface area contributed by atoms with Gasteiger partial charge in [0.1, 0.15) is 5.82 Å². The third-order valence-electron chi connectivity index (χ3n) is 4.78. The molecule has 0 amide bonds. The number of nitrogens with zero attached hydrogens (tertiary/aromatic N) is 3. The lowest BCUT2D eigenvalue weighted by atomic mass is 10.1. The first kappa shape index (κ1) is 21.1. The van der Waals surface area contributed by atoms with Crippen LogP contribution in [0, 0.1) is 12.8 Å². The summed E-state index contributed by atoms with van der Waals surface area (Å²) >= 11 is 1.83. The number of nitrogens with one attached hydrogen (secondary N) is 2. The summed E-state index contributed by atoms with van der Waals surface area (Å²) in [4.78, 5) is 10.5. The van der Waals surface area contributed by atoms with Crippen LogP contribution in [0.4, 0.5) is 0 Å². The van der Waals surface area contributed by atoms with Crippen LogP contribution in [0.15, 0.2) is 59.2 Å². The Morgan fingerprint density at radius 2 is 2.07 bits per heavy atom. The summed E-state index contributed by atoms with van der Waals surface area (Å²) < 4.78 is 2.16. The predicted molar refractivity (Wildman–Crippen MR) is 123 cm³/mol. The van der Waals surface area contributed by atoms with Crippen molar-refractivity contribution in [3.8, 4) is 0 Å². The molecule has 0 fully saturated rings. The van der Waals surface area contributed by atoms with Gasteiger partial charge in [-0.3, -0.25) is 0 Å². The molecule has 1 aromatic carbocycles. The third-order valence-corrected chi connectivity index (χ3v) is 5.68. The molecule has 0 saturated carbocycles. The molecule has 2 aromatic heterocycles. The van der Waals surface area contributed by atoms with E-state index in [1.165, 1.54) is 16.0 Å². The quantitative estimate of drug-likeness (QED) is 0.411. The molecule has 5 nitrogen and oxygen atoms in total. The van der Waals surface area contributed by atoms with Crippen molar-refractivity contribution in [1.29, 1.82) is 0 Å². The Balaban J connectivity index is 1.56.